The van der Waals surface area contributed by atoms with Gasteiger partial charge in [-0.15, -0.1) is 0 Å². The average Bonchev–Trinajstić information content (AvgIpc) is 2.60. The number of fused-ring (bicyclic) bond motifs is 1. The Morgan fingerprint density at radius 3 is 2.54 bits per heavy atom. The molecule has 0 unspecified atom stereocenters. The first-order chi connectivity index (χ1) is 11.6. The van der Waals surface area contributed by atoms with E-state index in [0.717, 1.165) is 15.9 Å². The lowest BCUT2D eigenvalue weighted by molar-refractivity contribution is -0.113. The van der Waals surface area contributed by atoms with Gasteiger partial charge >= 0.3 is 0 Å². The van der Waals surface area contributed by atoms with E-state index in [2.05, 4.69) is 15.3 Å². The van der Waals surface area contributed by atoms with Crippen molar-refractivity contribution in [1.29, 1.82) is 0 Å². The zero-order valence-electron chi connectivity index (χ0n) is 12.6. The van der Waals surface area contributed by atoms with E-state index in [4.69, 9.17) is 5.73 Å². The maximum atomic E-state index is 12.1. The number of rotatable bonds is 5. The first kappa shape index (κ1) is 15.9. The van der Waals surface area contributed by atoms with Gasteiger partial charge in [-0.2, -0.15) is 0 Å². The minimum absolute atomic E-state index is 0.158. The molecular formula is C17H14N4O2S. The zero-order chi connectivity index (χ0) is 16.9. The van der Waals surface area contributed by atoms with Gasteiger partial charge < -0.3 is 11.1 Å². The molecule has 1 heterocycles. The summed E-state index contributed by atoms with van der Waals surface area (Å²) in [6.07, 6.45) is 1.49. The van der Waals surface area contributed by atoms with E-state index in [1.165, 1.54) is 18.1 Å². The molecular weight excluding hydrogens is 324 g/mol. The average molecular weight is 338 g/mol. The predicted octanol–water partition coefficient (Wildman–Crippen LogP) is 2.46. The second kappa shape index (κ2) is 7.10. The normalized spacial score (nSPS) is 10.5. The van der Waals surface area contributed by atoms with E-state index >= 15 is 0 Å². The predicted molar refractivity (Wildman–Crippen MR) is 93.9 cm³/mol. The first-order valence-corrected chi connectivity index (χ1v) is 8.14. The Bertz CT molecular complexity index is 891. The van der Waals surface area contributed by atoms with Crippen molar-refractivity contribution in [3.05, 3.63) is 60.4 Å². The molecule has 120 valence electrons. The topological polar surface area (TPSA) is 98.0 Å². The molecule has 0 bridgehead atoms. The van der Waals surface area contributed by atoms with Gasteiger partial charge in [0.2, 0.25) is 11.8 Å². The van der Waals surface area contributed by atoms with Crippen molar-refractivity contribution < 1.29 is 9.59 Å². The molecule has 3 aromatic rings. The molecule has 0 spiro atoms. The largest absolute Gasteiger partial charge is 0.366 e. The molecule has 24 heavy (non-hydrogen) atoms. The molecule has 7 heteroatoms. The summed E-state index contributed by atoms with van der Waals surface area (Å²) in [5, 5.41) is 4.45. The number of amides is 2. The highest BCUT2D eigenvalue weighted by atomic mass is 32.2. The highest BCUT2D eigenvalue weighted by molar-refractivity contribution is 8.00. The van der Waals surface area contributed by atoms with E-state index in [1.54, 1.807) is 24.3 Å². The van der Waals surface area contributed by atoms with Crippen LogP contribution in [0.2, 0.25) is 0 Å². The monoisotopic (exact) mass is 338 g/mol. The third-order valence-corrected chi connectivity index (χ3v) is 4.30. The van der Waals surface area contributed by atoms with E-state index in [9.17, 15) is 9.59 Å². The van der Waals surface area contributed by atoms with Gasteiger partial charge in [0.05, 0.1) is 11.3 Å². The molecule has 0 aliphatic carbocycles. The number of thioether (sulfide) groups is 1. The Labute approximate surface area is 142 Å². The Morgan fingerprint density at radius 2 is 1.79 bits per heavy atom. The summed E-state index contributed by atoms with van der Waals surface area (Å²) in [6.45, 7) is 0. The van der Waals surface area contributed by atoms with E-state index in [-0.39, 0.29) is 11.7 Å². The van der Waals surface area contributed by atoms with Crippen LogP contribution in [0.4, 0.5) is 5.69 Å². The van der Waals surface area contributed by atoms with Gasteiger partial charge in [-0.3, -0.25) is 9.59 Å². The molecule has 3 rings (SSSR count). The molecule has 0 saturated heterocycles. The summed E-state index contributed by atoms with van der Waals surface area (Å²) >= 11 is 1.35. The summed E-state index contributed by atoms with van der Waals surface area (Å²) in [5.74, 6) is -0.438. The summed E-state index contributed by atoms with van der Waals surface area (Å²) in [6, 6.07) is 14.1. The van der Waals surface area contributed by atoms with Crippen LogP contribution in [0, 0.1) is 0 Å². The Morgan fingerprint density at radius 1 is 1.04 bits per heavy atom. The molecule has 0 atom stereocenters. The summed E-state index contributed by atoms with van der Waals surface area (Å²) in [5.41, 5.74) is 7.03. The fourth-order valence-electron chi connectivity index (χ4n) is 2.14. The maximum absolute atomic E-state index is 12.1. The van der Waals surface area contributed by atoms with Gasteiger partial charge in [0.1, 0.15) is 11.4 Å². The van der Waals surface area contributed by atoms with Crippen LogP contribution in [-0.2, 0) is 4.79 Å². The van der Waals surface area contributed by atoms with Crippen LogP contribution in [0.3, 0.4) is 0 Å². The zero-order valence-corrected chi connectivity index (χ0v) is 13.4. The fraction of sp³-hybridized carbons (Fsp3) is 0.0588. The van der Waals surface area contributed by atoms with E-state index in [1.807, 2.05) is 24.3 Å². The van der Waals surface area contributed by atoms with Crippen LogP contribution in [0.25, 0.3) is 10.9 Å². The molecule has 1 aromatic heterocycles. The number of carbonyl (C=O) groups is 2. The van der Waals surface area contributed by atoms with Crippen LogP contribution in [0.1, 0.15) is 10.4 Å². The lowest BCUT2D eigenvalue weighted by atomic mass is 10.2. The van der Waals surface area contributed by atoms with Gasteiger partial charge in [-0.1, -0.05) is 30.0 Å². The molecule has 0 aliphatic heterocycles. The Hall–Kier alpha value is -2.93. The smallest absolute Gasteiger partial charge is 0.248 e. The number of anilines is 1. The number of hydrogen-bond donors (Lipinski definition) is 2. The number of nitrogens with zero attached hydrogens (tertiary/aromatic N) is 2. The minimum atomic E-state index is -0.501. The number of primary amides is 1. The van der Waals surface area contributed by atoms with Crippen molar-refractivity contribution in [2.24, 2.45) is 5.73 Å². The first-order valence-electron chi connectivity index (χ1n) is 7.16. The van der Waals surface area contributed by atoms with E-state index < -0.39 is 5.91 Å². The van der Waals surface area contributed by atoms with Crippen LogP contribution in [0.15, 0.2) is 59.9 Å². The molecule has 0 saturated carbocycles. The highest BCUT2D eigenvalue weighted by Crippen LogP contribution is 2.24. The standard InChI is InChI=1S/C17H14N4O2S/c18-16(23)11-5-7-12(8-6-11)21-15(22)9-24-17-13-3-1-2-4-14(13)19-10-20-17/h1-8,10H,9H2,(H2,18,23)(H,21,22). The minimum Gasteiger partial charge on any atom is -0.366 e. The lowest BCUT2D eigenvalue weighted by Crippen LogP contribution is -2.15. The number of para-hydroxylation sites is 1. The van der Waals surface area contributed by atoms with Gasteiger partial charge in [0.15, 0.2) is 0 Å². The summed E-state index contributed by atoms with van der Waals surface area (Å²) in [4.78, 5) is 31.5. The van der Waals surface area contributed by atoms with Crippen LogP contribution in [0.5, 0.6) is 0 Å². The molecule has 6 nitrogen and oxygen atoms in total. The molecule has 2 amide bonds. The second-order valence-corrected chi connectivity index (χ2v) is 5.94. The highest BCUT2D eigenvalue weighted by Gasteiger charge is 2.08. The van der Waals surface area contributed by atoms with Crippen molar-refractivity contribution in [1.82, 2.24) is 9.97 Å². The van der Waals surface area contributed by atoms with Crippen LogP contribution in [-0.4, -0.2) is 27.5 Å². The summed E-state index contributed by atoms with van der Waals surface area (Å²) < 4.78 is 0. The Kier molecular flexibility index (Phi) is 4.72. The number of benzene rings is 2. The third-order valence-electron chi connectivity index (χ3n) is 3.30. The summed E-state index contributed by atoms with van der Waals surface area (Å²) in [7, 11) is 0. The molecule has 3 N–H and O–H groups in total. The number of nitrogens with one attached hydrogen (secondary N) is 1. The van der Waals surface area contributed by atoms with Crippen molar-refractivity contribution >= 4 is 40.2 Å². The van der Waals surface area contributed by atoms with Gasteiger partial charge in [-0.05, 0) is 30.3 Å². The quantitative estimate of drug-likeness (QED) is 0.550. The fourth-order valence-corrected chi connectivity index (χ4v) is 2.93. The van der Waals surface area contributed by atoms with E-state index in [0.29, 0.717) is 11.3 Å². The van der Waals surface area contributed by atoms with Gasteiger partial charge in [0.25, 0.3) is 0 Å². The van der Waals surface area contributed by atoms with Gasteiger partial charge in [-0.25, -0.2) is 9.97 Å². The number of carbonyl (C=O) groups excluding carboxylic acids is 2. The van der Waals surface area contributed by atoms with Crippen molar-refractivity contribution in [2.75, 3.05) is 11.1 Å². The Balaban J connectivity index is 1.64. The molecule has 2 aromatic carbocycles. The third kappa shape index (κ3) is 3.69. The SMILES string of the molecule is NC(=O)c1ccc(NC(=O)CSc2ncnc3ccccc23)cc1. The van der Waals surface area contributed by atoms with Crippen molar-refractivity contribution in [2.45, 2.75) is 5.03 Å². The maximum Gasteiger partial charge on any atom is 0.248 e. The lowest BCUT2D eigenvalue weighted by Gasteiger charge is -2.06. The second-order valence-electron chi connectivity index (χ2n) is 4.97. The van der Waals surface area contributed by atoms with Gasteiger partial charge in [0, 0.05) is 16.6 Å². The van der Waals surface area contributed by atoms with Crippen molar-refractivity contribution in [3.63, 3.8) is 0 Å². The molecule has 0 radical (unpaired) electrons. The van der Waals surface area contributed by atoms with Crippen LogP contribution >= 0.6 is 11.8 Å². The molecule has 0 fully saturated rings. The molecule has 0 aliphatic rings. The van der Waals surface area contributed by atoms with Crippen molar-refractivity contribution in [3.8, 4) is 0 Å². The number of hydrogen-bond acceptors (Lipinski definition) is 5. The number of nitrogens with two attached hydrogens (primary N) is 1. The number of aromatic nitrogens is 2. The van der Waals surface area contributed by atoms with Crippen LogP contribution < -0.4 is 11.1 Å².